The van der Waals surface area contributed by atoms with Crippen molar-refractivity contribution in [1.82, 2.24) is 24.7 Å². The number of amides is 1. The number of nitrogens with zero attached hydrogens (tertiary/aromatic N) is 4. The third-order valence-electron chi connectivity index (χ3n) is 4.31. The first kappa shape index (κ1) is 20.6. The molecule has 1 amide bonds. The summed E-state index contributed by atoms with van der Waals surface area (Å²) >= 11 is 1.56. The molecule has 0 saturated heterocycles. The predicted molar refractivity (Wildman–Crippen MR) is 113 cm³/mol. The van der Waals surface area contributed by atoms with Crippen LogP contribution in [0.15, 0.2) is 48.1 Å². The maximum Gasteiger partial charge on any atom is 0.234 e. The molecule has 0 saturated carbocycles. The van der Waals surface area contributed by atoms with Crippen LogP contribution in [0.25, 0.3) is 27.7 Å². The smallest absolute Gasteiger partial charge is 0.234 e. The standard InChI is InChI=1S/C16H11FN4S.C5H11NO/c1-10-9-22-15(19-10)14-13(11-3-5-12(17)6-4-11)20-16-18-7-2-8-21(14)16;1-3-5(2)6-4-7/h2-9H,1H3;4-5H,3H2,1-2H3,(H,6,7). The molecule has 0 bridgehead atoms. The van der Waals surface area contributed by atoms with Crippen molar-refractivity contribution in [2.45, 2.75) is 33.2 Å². The molecule has 3 heterocycles. The molecule has 1 unspecified atom stereocenters. The lowest BCUT2D eigenvalue weighted by molar-refractivity contribution is -0.110. The van der Waals surface area contributed by atoms with Crippen molar-refractivity contribution < 1.29 is 9.18 Å². The van der Waals surface area contributed by atoms with E-state index >= 15 is 0 Å². The minimum atomic E-state index is -0.266. The number of hydrogen-bond acceptors (Lipinski definition) is 5. The Balaban J connectivity index is 0.000000298. The number of fused-ring (bicyclic) bond motifs is 1. The van der Waals surface area contributed by atoms with Gasteiger partial charge in [0.1, 0.15) is 22.2 Å². The van der Waals surface area contributed by atoms with Crippen LogP contribution in [0.2, 0.25) is 0 Å². The van der Waals surface area contributed by atoms with Crippen molar-refractivity contribution in [3.63, 3.8) is 0 Å². The fourth-order valence-corrected chi connectivity index (χ4v) is 3.44. The molecule has 150 valence electrons. The summed E-state index contributed by atoms with van der Waals surface area (Å²) in [5.41, 5.74) is 3.44. The van der Waals surface area contributed by atoms with Crippen LogP contribution in [0.1, 0.15) is 26.0 Å². The highest BCUT2D eigenvalue weighted by Crippen LogP contribution is 2.33. The van der Waals surface area contributed by atoms with Gasteiger partial charge in [0.25, 0.3) is 0 Å². The Morgan fingerprint density at radius 3 is 2.62 bits per heavy atom. The summed E-state index contributed by atoms with van der Waals surface area (Å²) in [5.74, 6) is 0.335. The van der Waals surface area contributed by atoms with E-state index < -0.39 is 0 Å². The second-order valence-electron chi connectivity index (χ2n) is 6.49. The van der Waals surface area contributed by atoms with Crippen LogP contribution >= 0.6 is 11.3 Å². The van der Waals surface area contributed by atoms with Crippen molar-refractivity contribution in [3.8, 4) is 22.0 Å². The lowest BCUT2D eigenvalue weighted by Crippen LogP contribution is -2.22. The van der Waals surface area contributed by atoms with Crippen molar-refractivity contribution in [2.24, 2.45) is 0 Å². The molecule has 4 aromatic rings. The first-order valence-electron chi connectivity index (χ1n) is 9.24. The van der Waals surface area contributed by atoms with Crippen LogP contribution in [0.4, 0.5) is 4.39 Å². The number of halogens is 1. The van der Waals surface area contributed by atoms with Gasteiger partial charge in [-0.25, -0.2) is 19.3 Å². The van der Waals surface area contributed by atoms with Gasteiger partial charge in [-0.2, -0.15) is 0 Å². The number of carbonyl (C=O) groups is 1. The summed E-state index contributed by atoms with van der Waals surface area (Å²) in [6.07, 6.45) is 5.34. The van der Waals surface area contributed by atoms with Crippen LogP contribution in [0, 0.1) is 12.7 Å². The second-order valence-corrected chi connectivity index (χ2v) is 7.35. The number of nitrogens with one attached hydrogen (secondary N) is 1. The van der Waals surface area contributed by atoms with Crippen LogP contribution in [0.3, 0.4) is 0 Å². The van der Waals surface area contributed by atoms with Gasteiger partial charge in [-0.15, -0.1) is 11.3 Å². The molecule has 1 atom stereocenters. The monoisotopic (exact) mass is 411 g/mol. The maximum absolute atomic E-state index is 13.2. The molecule has 29 heavy (non-hydrogen) atoms. The average Bonchev–Trinajstić information content (AvgIpc) is 3.32. The van der Waals surface area contributed by atoms with E-state index in [9.17, 15) is 9.18 Å². The number of aryl methyl sites for hydroxylation is 1. The highest BCUT2D eigenvalue weighted by Gasteiger charge is 2.18. The topological polar surface area (TPSA) is 72.2 Å². The molecular formula is C21H22FN5OS. The zero-order valence-electron chi connectivity index (χ0n) is 16.5. The Kier molecular flexibility index (Phi) is 6.66. The molecule has 0 spiro atoms. The Morgan fingerprint density at radius 2 is 2.03 bits per heavy atom. The lowest BCUT2D eigenvalue weighted by Gasteiger charge is -2.02. The van der Waals surface area contributed by atoms with Crippen LogP contribution in [-0.2, 0) is 4.79 Å². The molecule has 1 aromatic carbocycles. The van der Waals surface area contributed by atoms with Crippen molar-refractivity contribution in [2.75, 3.05) is 0 Å². The van der Waals surface area contributed by atoms with Gasteiger partial charge in [0.2, 0.25) is 12.2 Å². The van der Waals surface area contributed by atoms with E-state index in [2.05, 4.69) is 20.3 Å². The number of benzene rings is 1. The highest BCUT2D eigenvalue weighted by molar-refractivity contribution is 7.13. The SMILES string of the molecule is CCC(C)NC=O.Cc1csc(-c2c(-c3ccc(F)cc3)nc3ncccn23)n1. The van der Waals surface area contributed by atoms with Crippen molar-refractivity contribution >= 4 is 23.5 Å². The van der Waals surface area contributed by atoms with Gasteiger partial charge >= 0.3 is 0 Å². The molecule has 3 aromatic heterocycles. The first-order valence-corrected chi connectivity index (χ1v) is 10.1. The third kappa shape index (κ3) is 4.83. The Bertz CT molecular complexity index is 1090. The van der Waals surface area contributed by atoms with E-state index in [-0.39, 0.29) is 5.82 Å². The summed E-state index contributed by atoms with van der Waals surface area (Å²) < 4.78 is 15.1. The molecule has 0 aliphatic carbocycles. The molecule has 8 heteroatoms. The van der Waals surface area contributed by atoms with Crippen molar-refractivity contribution in [1.29, 1.82) is 0 Å². The molecular weight excluding hydrogens is 389 g/mol. The number of imidazole rings is 1. The zero-order chi connectivity index (χ0) is 20.8. The number of hydrogen-bond donors (Lipinski definition) is 1. The van der Waals surface area contributed by atoms with Gasteiger partial charge in [0, 0.05) is 35.1 Å². The Hall–Kier alpha value is -3.13. The molecule has 0 fully saturated rings. The summed E-state index contributed by atoms with van der Waals surface area (Å²) in [6, 6.07) is 8.50. The molecule has 6 nitrogen and oxygen atoms in total. The fourth-order valence-electron chi connectivity index (χ4n) is 2.60. The molecule has 0 radical (unpaired) electrons. The van der Waals surface area contributed by atoms with Crippen LogP contribution in [-0.4, -0.2) is 31.8 Å². The van der Waals surface area contributed by atoms with Gasteiger partial charge in [-0.05, 0) is 50.6 Å². The quantitative estimate of drug-likeness (QED) is 0.491. The van der Waals surface area contributed by atoms with E-state index in [0.717, 1.165) is 40.5 Å². The predicted octanol–water partition coefficient (Wildman–Crippen LogP) is 4.50. The van der Waals surface area contributed by atoms with Crippen molar-refractivity contribution in [3.05, 3.63) is 59.6 Å². The van der Waals surface area contributed by atoms with Gasteiger partial charge in [-0.1, -0.05) is 6.92 Å². The van der Waals surface area contributed by atoms with Gasteiger partial charge in [0.15, 0.2) is 0 Å². The van der Waals surface area contributed by atoms with Crippen LogP contribution in [0.5, 0.6) is 0 Å². The molecule has 4 rings (SSSR count). The molecule has 0 aliphatic heterocycles. The summed E-state index contributed by atoms with van der Waals surface area (Å²) in [5, 5.41) is 5.49. The number of thiazole rings is 1. The Morgan fingerprint density at radius 1 is 1.28 bits per heavy atom. The minimum absolute atomic E-state index is 0.266. The number of aromatic nitrogens is 4. The summed E-state index contributed by atoms with van der Waals surface area (Å²) in [4.78, 5) is 23.1. The summed E-state index contributed by atoms with van der Waals surface area (Å²) in [6.45, 7) is 5.95. The third-order valence-corrected chi connectivity index (χ3v) is 5.27. The van der Waals surface area contributed by atoms with E-state index in [4.69, 9.17) is 0 Å². The van der Waals surface area contributed by atoms with Gasteiger partial charge < -0.3 is 5.32 Å². The Labute approximate surface area is 172 Å². The van der Waals surface area contributed by atoms with Gasteiger partial charge in [0.05, 0.1) is 0 Å². The number of carbonyl (C=O) groups excluding carboxylic acids is 1. The number of rotatable bonds is 5. The molecule has 1 N–H and O–H groups in total. The van der Waals surface area contributed by atoms with E-state index in [1.807, 2.05) is 42.8 Å². The summed E-state index contributed by atoms with van der Waals surface area (Å²) in [7, 11) is 0. The lowest BCUT2D eigenvalue weighted by atomic mass is 10.1. The average molecular weight is 412 g/mol. The van der Waals surface area contributed by atoms with E-state index in [1.165, 1.54) is 12.1 Å². The maximum atomic E-state index is 13.2. The largest absolute Gasteiger partial charge is 0.356 e. The normalized spacial score (nSPS) is 11.6. The van der Waals surface area contributed by atoms with E-state index in [0.29, 0.717) is 11.8 Å². The fraction of sp³-hybridized carbons (Fsp3) is 0.238. The highest BCUT2D eigenvalue weighted by atomic mass is 32.1. The van der Waals surface area contributed by atoms with Crippen LogP contribution < -0.4 is 5.32 Å². The minimum Gasteiger partial charge on any atom is -0.356 e. The first-order chi connectivity index (χ1) is 14.0. The second kappa shape index (κ2) is 9.38. The zero-order valence-corrected chi connectivity index (χ0v) is 17.3. The van der Waals surface area contributed by atoms with E-state index in [1.54, 1.807) is 29.7 Å². The van der Waals surface area contributed by atoms with Gasteiger partial charge in [-0.3, -0.25) is 9.20 Å². The molecule has 0 aliphatic rings.